The third-order valence-corrected chi connectivity index (χ3v) is 4.43. The van der Waals surface area contributed by atoms with E-state index in [1.165, 1.54) is 12.8 Å². The average molecular weight is 272 g/mol. The molecule has 0 unspecified atom stereocenters. The van der Waals surface area contributed by atoms with Gasteiger partial charge in [-0.1, -0.05) is 12.8 Å². The van der Waals surface area contributed by atoms with Crippen molar-refractivity contribution in [3.05, 3.63) is 17.3 Å². The van der Waals surface area contributed by atoms with E-state index in [1.54, 1.807) is 13.1 Å². The monoisotopic (exact) mass is 272 g/mol. The van der Waals surface area contributed by atoms with Gasteiger partial charge in [0.15, 0.2) is 5.78 Å². The van der Waals surface area contributed by atoms with E-state index in [9.17, 15) is 4.79 Å². The lowest BCUT2D eigenvalue weighted by atomic mass is 9.94. The number of allylic oxidation sites excluding steroid dienone is 1. The standard InChI is InChI=1S/C15H20N4O/c1-9-12-7-17-15(16)18-14(12)19(8-13(9)10(2)20)11-5-3-4-6-11/h7,11H,3-6,8H2,1-2H3,(H2,16,17,18). The van der Waals surface area contributed by atoms with Crippen molar-refractivity contribution in [2.24, 2.45) is 0 Å². The number of anilines is 2. The van der Waals surface area contributed by atoms with Gasteiger partial charge in [-0.15, -0.1) is 0 Å². The third-order valence-electron chi connectivity index (χ3n) is 4.43. The molecule has 1 saturated carbocycles. The second-order valence-electron chi connectivity index (χ2n) is 5.69. The molecule has 1 fully saturated rings. The third kappa shape index (κ3) is 2.07. The number of ketones is 1. The van der Waals surface area contributed by atoms with E-state index in [-0.39, 0.29) is 5.78 Å². The lowest BCUT2D eigenvalue weighted by molar-refractivity contribution is -0.113. The maximum absolute atomic E-state index is 11.9. The molecule has 2 aliphatic rings. The summed E-state index contributed by atoms with van der Waals surface area (Å²) in [6, 6.07) is 0.463. The first-order valence-electron chi connectivity index (χ1n) is 7.18. The Morgan fingerprint density at radius 2 is 2.10 bits per heavy atom. The van der Waals surface area contributed by atoms with Gasteiger partial charge in [-0.3, -0.25) is 4.79 Å². The lowest BCUT2D eigenvalue weighted by Crippen LogP contribution is -2.39. The van der Waals surface area contributed by atoms with Gasteiger partial charge in [-0.05, 0) is 32.3 Å². The lowest BCUT2D eigenvalue weighted by Gasteiger charge is -2.36. The molecule has 2 N–H and O–H groups in total. The van der Waals surface area contributed by atoms with Gasteiger partial charge in [-0.2, -0.15) is 4.98 Å². The molecule has 2 heterocycles. The van der Waals surface area contributed by atoms with E-state index in [4.69, 9.17) is 5.73 Å². The Balaban J connectivity index is 2.11. The minimum atomic E-state index is 0.132. The number of rotatable bonds is 2. The van der Waals surface area contributed by atoms with Crippen LogP contribution >= 0.6 is 0 Å². The number of nitrogens with zero attached hydrogens (tertiary/aromatic N) is 3. The SMILES string of the molecule is CC(=O)C1=C(C)c2cnc(N)nc2N(C2CCCC2)C1. The Bertz CT molecular complexity index is 588. The number of hydrogen-bond donors (Lipinski definition) is 1. The molecule has 5 heteroatoms. The van der Waals surface area contributed by atoms with Crippen LogP contribution in [0.2, 0.25) is 0 Å². The maximum Gasteiger partial charge on any atom is 0.221 e. The second kappa shape index (κ2) is 4.89. The summed E-state index contributed by atoms with van der Waals surface area (Å²) in [5, 5.41) is 0. The fourth-order valence-corrected chi connectivity index (χ4v) is 3.29. The van der Waals surface area contributed by atoms with Crippen LogP contribution in [-0.4, -0.2) is 28.3 Å². The van der Waals surface area contributed by atoms with E-state index in [0.29, 0.717) is 18.5 Å². The average Bonchev–Trinajstić information content (AvgIpc) is 2.92. The highest BCUT2D eigenvalue weighted by molar-refractivity contribution is 6.04. The summed E-state index contributed by atoms with van der Waals surface area (Å²) >= 11 is 0. The highest BCUT2D eigenvalue weighted by Crippen LogP contribution is 2.37. The summed E-state index contributed by atoms with van der Waals surface area (Å²) < 4.78 is 0. The number of carbonyl (C=O) groups excluding carboxylic acids is 1. The van der Waals surface area contributed by atoms with Gasteiger partial charge in [-0.25, -0.2) is 4.98 Å². The van der Waals surface area contributed by atoms with Crippen LogP contribution in [0, 0.1) is 0 Å². The molecule has 3 rings (SSSR count). The van der Waals surface area contributed by atoms with Gasteiger partial charge >= 0.3 is 0 Å². The number of carbonyl (C=O) groups is 1. The van der Waals surface area contributed by atoms with Crippen molar-refractivity contribution in [3.8, 4) is 0 Å². The van der Waals surface area contributed by atoms with E-state index in [1.807, 2.05) is 6.92 Å². The van der Waals surface area contributed by atoms with E-state index < -0.39 is 0 Å². The van der Waals surface area contributed by atoms with Crippen molar-refractivity contribution in [1.29, 1.82) is 0 Å². The summed E-state index contributed by atoms with van der Waals surface area (Å²) in [6.07, 6.45) is 6.56. The molecule has 106 valence electrons. The Morgan fingerprint density at radius 3 is 2.75 bits per heavy atom. The second-order valence-corrected chi connectivity index (χ2v) is 5.69. The van der Waals surface area contributed by atoms with Gasteiger partial charge in [0.1, 0.15) is 5.82 Å². The van der Waals surface area contributed by atoms with Gasteiger partial charge in [0.2, 0.25) is 5.95 Å². The first-order chi connectivity index (χ1) is 9.58. The minimum absolute atomic E-state index is 0.132. The number of fused-ring (bicyclic) bond motifs is 1. The largest absolute Gasteiger partial charge is 0.368 e. The van der Waals surface area contributed by atoms with Gasteiger partial charge in [0.05, 0.1) is 0 Å². The predicted octanol–water partition coefficient (Wildman–Crippen LogP) is 2.18. The number of aromatic nitrogens is 2. The smallest absolute Gasteiger partial charge is 0.221 e. The van der Waals surface area contributed by atoms with E-state index in [0.717, 1.165) is 35.4 Å². The summed E-state index contributed by atoms with van der Waals surface area (Å²) in [4.78, 5) is 22.7. The van der Waals surface area contributed by atoms with E-state index >= 15 is 0 Å². The molecule has 0 radical (unpaired) electrons. The molecule has 0 aromatic carbocycles. The Kier molecular flexibility index (Phi) is 3.20. The summed E-state index contributed by atoms with van der Waals surface area (Å²) in [5.41, 5.74) is 8.56. The molecular formula is C15H20N4O. The minimum Gasteiger partial charge on any atom is -0.368 e. The maximum atomic E-state index is 11.9. The van der Waals surface area contributed by atoms with Crippen LogP contribution in [-0.2, 0) is 4.79 Å². The topological polar surface area (TPSA) is 72.1 Å². The zero-order valence-corrected chi connectivity index (χ0v) is 12.0. The van der Waals surface area contributed by atoms with Crippen LogP contribution in [0.25, 0.3) is 5.57 Å². The summed E-state index contributed by atoms with van der Waals surface area (Å²) in [5.74, 6) is 1.32. The molecule has 1 aromatic rings. The fourth-order valence-electron chi connectivity index (χ4n) is 3.29. The van der Waals surface area contributed by atoms with Gasteiger partial charge in [0.25, 0.3) is 0 Å². The zero-order valence-electron chi connectivity index (χ0n) is 12.0. The van der Waals surface area contributed by atoms with Crippen LogP contribution in [0.5, 0.6) is 0 Å². The predicted molar refractivity (Wildman–Crippen MR) is 79.3 cm³/mol. The molecule has 1 aliphatic heterocycles. The normalized spacial score (nSPS) is 19.4. The molecule has 20 heavy (non-hydrogen) atoms. The Morgan fingerprint density at radius 1 is 1.40 bits per heavy atom. The van der Waals surface area contributed by atoms with E-state index in [2.05, 4.69) is 14.9 Å². The molecule has 1 aliphatic carbocycles. The Hall–Kier alpha value is -1.91. The zero-order chi connectivity index (χ0) is 14.3. The van der Waals surface area contributed by atoms with Crippen molar-refractivity contribution in [3.63, 3.8) is 0 Å². The first kappa shape index (κ1) is 13.1. The molecule has 0 bridgehead atoms. The number of hydrogen-bond acceptors (Lipinski definition) is 5. The van der Waals surface area contributed by atoms with Gasteiger partial charge in [0, 0.05) is 29.9 Å². The molecule has 0 atom stereocenters. The van der Waals surface area contributed by atoms with Crippen molar-refractivity contribution in [2.45, 2.75) is 45.6 Å². The number of Topliss-reactive ketones (excluding diaryl/α,β-unsaturated/α-hetero) is 1. The quantitative estimate of drug-likeness (QED) is 0.893. The van der Waals surface area contributed by atoms with Crippen LogP contribution in [0.15, 0.2) is 11.8 Å². The molecule has 1 aromatic heterocycles. The van der Waals surface area contributed by atoms with Crippen molar-refractivity contribution < 1.29 is 4.79 Å². The molecular weight excluding hydrogens is 252 g/mol. The summed E-state index contributed by atoms with van der Waals surface area (Å²) in [7, 11) is 0. The number of nitrogen functional groups attached to an aromatic ring is 1. The molecule has 0 saturated heterocycles. The number of nitrogens with two attached hydrogens (primary N) is 1. The Labute approximate surface area is 118 Å². The van der Waals surface area contributed by atoms with Crippen LogP contribution < -0.4 is 10.6 Å². The molecule has 0 amide bonds. The fraction of sp³-hybridized carbons (Fsp3) is 0.533. The summed E-state index contributed by atoms with van der Waals surface area (Å²) in [6.45, 7) is 4.26. The van der Waals surface area contributed by atoms with Crippen molar-refractivity contribution in [2.75, 3.05) is 17.2 Å². The van der Waals surface area contributed by atoms with Crippen molar-refractivity contribution in [1.82, 2.24) is 9.97 Å². The molecule has 0 spiro atoms. The van der Waals surface area contributed by atoms with Crippen LogP contribution in [0.3, 0.4) is 0 Å². The van der Waals surface area contributed by atoms with Crippen LogP contribution in [0.1, 0.15) is 45.1 Å². The highest BCUT2D eigenvalue weighted by atomic mass is 16.1. The van der Waals surface area contributed by atoms with Crippen molar-refractivity contribution >= 4 is 23.1 Å². The van der Waals surface area contributed by atoms with Gasteiger partial charge < -0.3 is 10.6 Å². The molecule has 5 nitrogen and oxygen atoms in total. The van der Waals surface area contributed by atoms with Crippen LogP contribution in [0.4, 0.5) is 11.8 Å². The highest BCUT2D eigenvalue weighted by Gasteiger charge is 2.32. The first-order valence-corrected chi connectivity index (χ1v) is 7.18.